The summed E-state index contributed by atoms with van der Waals surface area (Å²) < 4.78 is 57.6. The largest absolute Gasteiger partial charge is 0.502 e. The number of hydrogen-bond donors (Lipinski definition) is 1. The van der Waals surface area contributed by atoms with Crippen LogP contribution in [0.25, 0.3) is 0 Å². The topological polar surface area (TPSA) is 73.7 Å². The average Bonchev–Trinajstić information content (AvgIpc) is 2.49. The van der Waals surface area contributed by atoms with Crippen LogP contribution < -0.4 is 0 Å². The summed E-state index contributed by atoms with van der Waals surface area (Å²) in [4.78, 5) is 1.08. The van der Waals surface area contributed by atoms with Crippen molar-refractivity contribution in [2.75, 3.05) is 0 Å². The van der Waals surface area contributed by atoms with Crippen LogP contribution in [0.4, 0.5) is 13.2 Å². The monoisotopic (exact) mass is 224 g/mol. The van der Waals surface area contributed by atoms with Gasteiger partial charge in [-0.25, -0.2) is 8.42 Å². The minimum atomic E-state index is -5.43. The molecule has 0 bridgehead atoms. The number of alkyl halides is 3. The van der Waals surface area contributed by atoms with Gasteiger partial charge in [-0.05, 0) is 0 Å². The lowest BCUT2D eigenvalue weighted by atomic mass is 10.4. The first kappa shape index (κ1) is 10.6. The van der Waals surface area contributed by atoms with E-state index in [1.54, 1.807) is 0 Å². The molecule has 14 heavy (non-hydrogen) atoms. The van der Waals surface area contributed by atoms with Gasteiger partial charge in [-0.15, -0.1) is 0 Å². The quantitative estimate of drug-likeness (QED) is 0.778. The van der Waals surface area contributed by atoms with Gasteiger partial charge in [-0.2, -0.15) is 18.4 Å². The Morgan fingerprint density at radius 3 is 2.36 bits per heavy atom. The number of H-pyrrole nitrogens is 1. The molecule has 0 saturated carbocycles. The molecular weight excluding hydrogens is 221 g/mol. The number of sulfone groups is 1. The van der Waals surface area contributed by atoms with Gasteiger partial charge in [0.2, 0.25) is 0 Å². The highest BCUT2D eigenvalue weighted by molar-refractivity contribution is 7.92. The van der Waals surface area contributed by atoms with Crippen LogP contribution in [0.5, 0.6) is 0 Å². The molecule has 0 unspecified atom stereocenters. The summed E-state index contributed by atoms with van der Waals surface area (Å²) >= 11 is 0. The molecule has 76 valence electrons. The third-order valence-corrected chi connectivity index (χ3v) is 2.95. The Morgan fingerprint density at radius 2 is 1.93 bits per heavy atom. The Labute approximate surface area is 76.9 Å². The maximum absolute atomic E-state index is 12.0. The van der Waals surface area contributed by atoms with Crippen molar-refractivity contribution in [3.63, 3.8) is 0 Å². The van der Waals surface area contributed by atoms with Gasteiger partial charge in [0.05, 0.1) is 5.56 Å². The molecule has 8 heteroatoms. The van der Waals surface area contributed by atoms with Crippen molar-refractivity contribution in [1.29, 1.82) is 5.26 Å². The Bertz CT molecular complexity index is 480. The van der Waals surface area contributed by atoms with E-state index in [2.05, 4.69) is 4.98 Å². The molecule has 4 nitrogen and oxygen atoms in total. The highest BCUT2D eigenvalue weighted by Crippen LogP contribution is 2.31. The van der Waals surface area contributed by atoms with E-state index in [1.807, 2.05) is 0 Å². The average molecular weight is 224 g/mol. The van der Waals surface area contributed by atoms with Crippen LogP contribution in [0, 0.1) is 11.3 Å². The predicted molar refractivity (Wildman–Crippen MR) is 38.7 cm³/mol. The molecule has 0 spiro atoms. The fraction of sp³-hybridized carbons (Fsp3) is 0.167. The molecule has 0 aliphatic carbocycles. The third kappa shape index (κ3) is 1.46. The molecule has 0 aromatic carbocycles. The second-order valence-corrected chi connectivity index (χ2v) is 4.20. The third-order valence-electron chi connectivity index (χ3n) is 1.42. The molecule has 0 saturated heterocycles. The van der Waals surface area contributed by atoms with Gasteiger partial charge >= 0.3 is 5.51 Å². The van der Waals surface area contributed by atoms with Gasteiger partial charge < -0.3 is 4.98 Å². The lowest BCUT2D eigenvalue weighted by molar-refractivity contribution is -0.0436. The fourth-order valence-electron chi connectivity index (χ4n) is 0.784. The summed E-state index contributed by atoms with van der Waals surface area (Å²) in [7, 11) is -5.43. The zero-order valence-corrected chi connectivity index (χ0v) is 7.28. The molecule has 0 aliphatic rings. The van der Waals surface area contributed by atoms with E-state index in [1.165, 1.54) is 6.07 Å². The number of hydrogen-bond acceptors (Lipinski definition) is 3. The van der Waals surface area contributed by atoms with Crippen LogP contribution in [-0.4, -0.2) is 18.9 Å². The van der Waals surface area contributed by atoms with Crippen LogP contribution in [0.3, 0.4) is 0 Å². The van der Waals surface area contributed by atoms with Crippen LogP contribution >= 0.6 is 0 Å². The molecule has 1 aromatic rings. The van der Waals surface area contributed by atoms with Gasteiger partial charge in [-0.1, -0.05) is 0 Å². The molecule has 0 amide bonds. The standard InChI is InChI=1S/C6H3F3N2O2S/c7-6(8,9)14(12,13)5-3-11-2-4(5)1-10/h2-3,11H. The number of halogens is 3. The molecule has 1 N–H and O–H groups in total. The van der Waals surface area contributed by atoms with E-state index in [4.69, 9.17) is 5.26 Å². The van der Waals surface area contributed by atoms with Crippen LogP contribution in [0.15, 0.2) is 17.3 Å². The van der Waals surface area contributed by atoms with Crippen molar-refractivity contribution in [2.24, 2.45) is 0 Å². The Kier molecular flexibility index (Phi) is 2.29. The van der Waals surface area contributed by atoms with Gasteiger partial charge in [0.1, 0.15) is 11.0 Å². The van der Waals surface area contributed by atoms with E-state index in [9.17, 15) is 21.6 Å². The summed E-state index contributed by atoms with van der Waals surface area (Å²) in [6.45, 7) is 0. The normalized spacial score (nSPS) is 12.4. The first-order valence-electron chi connectivity index (χ1n) is 3.19. The lowest BCUT2D eigenvalue weighted by Gasteiger charge is -2.05. The van der Waals surface area contributed by atoms with Crippen LogP contribution in [-0.2, 0) is 9.84 Å². The fourth-order valence-corrected chi connectivity index (χ4v) is 1.65. The predicted octanol–water partition coefficient (Wildman–Crippen LogP) is 1.18. The second kappa shape index (κ2) is 3.02. The first-order chi connectivity index (χ1) is 6.30. The SMILES string of the molecule is N#Cc1c[nH]cc1S(=O)(=O)C(F)(F)F. The highest BCUT2D eigenvalue weighted by atomic mass is 32.2. The van der Waals surface area contributed by atoms with Crippen LogP contribution in [0.1, 0.15) is 5.56 Å². The van der Waals surface area contributed by atoms with E-state index >= 15 is 0 Å². The number of rotatable bonds is 1. The Morgan fingerprint density at radius 1 is 1.36 bits per heavy atom. The van der Waals surface area contributed by atoms with Crippen molar-refractivity contribution in [2.45, 2.75) is 10.4 Å². The van der Waals surface area contributed by atoms with Crippen molar-refractivity contribution >= 4 is 9.84 Å². The lowest BCUT2D eigenvalue weighted by Crippen LogP contribution is -2.23. The molecule has 0 fully saturated rings. The maximum atomic E-state index is 12.0. The summed E-state index contributed by atoms with van der Waals surface area (Å²) in [5.41, 5.74) is -5.94. The number of nitrogens with one attached hydrogen (secondary N) is 1. The number of nitrogens with zero attached hydrogens (tertiary/aromatic N) is 1. The van der Waals surface area contributed by atoms with Crippen molar-refractivity contribution in [1.82, 2.24) is 4.98 Å². The summed E-state index contributed by atoms with van der Waals surface area (Å²) in [6, 6.07) is 1.34. The zero-order valence-electron chi connectivity index (χ0n) is 6.46. The molecule has 0 atom stereocenters. The number of aromatic amines is 1. The van der Waals surface area contributed by atoms with E-state index in [-0.39, 0.29) is 0 Å². The molecule has 0 aliphatic heterocycles. The minimum absolute atomic E-state index is 0.553. The summed E-state index contributed by atoms with van der Waals surface area (Å²) in [5, 5.41) is 8.33. The summed E-state index contributed by atoms with van der Waals surface area (Å²) in [6.07, 6.45) is 1.51. The van der Waals surface area contributed by atoms with Gasteiger partial charge in [0.25, 0.3) is 9.84 Å². The highest BCUT2D eigenvalue weighted by Gasteiger charge is 2.48. The Hall–Kier alpha value is -1.49. The molecular formula is C6H3F3N2O2S. The van der Waals surface area contributed by atoms with Gasteiger partial charge in [-0.3, -0.25) is 0 Å². The van der Waals surface area contributed by atoms with Crippen molar-refractivity contribution in [3.05, 3.63) is 18.0 Å². The van der Waals surface area contributed by atoms with Crippen molar-refractivity contribution < 1.29 is 21.6 Å². The number of nitriles is 1. The summed E-state index contributed by atoms with van der Waals surface area (Å²) in [5.74, 6) is 0. The molecule has 1 heterocycles. The number of aromatic nitrogens is 1. The van der Waals surface area contributed by atoms with E-state index in [0.29, 0.717) is 6.20 Å². The molecule has 1 aromatic heterocycles. The molecule has 0 radical (unpaired) electrons. The van der Waals surface area contributed by atoms with Crippen molar-refractivity contribution in [3.8, 4) is 6.07 Å². The van der Waals surface area contributed by atoms with E-state index < -0.39 is 25.8 Å². The second-order valence-electron chi connectivity index (χ2n) is 2.29. The smallest absolute Gasteiger partial charge is 0.365 e. The van der Waals surface area contributed by atoms with Crippen LogP contribution in [0.2, 0.25) is 0 Å². The maximum Gasteiger partial charge on any atom is 0.502 e. The Balaban J connectivity index is 3.41. The zero-order chi connectivity index (χ0) is 11.0. The first-order valence-corrected chi connectivity index (χ1v) is 4.67. The molecule has 1 rings (SSSR count). The van der Waals surface area contributed by atoms with Gasteiger partial charge in [0, 0.05) is 12.4 Å². The minimum Gasteiger partial charge on any atom is -0.365 e. The van der Waals surface area contributed by atoms with E-state index in [0.717, 1.165) is 6.20 Å². The van der Waals surface area contributed by atoms with Gasteiger partial charge in [0.15, 0.2) is 0 Å².